The van der Waals surface area contributed by atoms with E-state index in [1.165, 1.54) is 11.3 Å². The summed E-state index contributed by atoms with van der Waals surface area (Å²) in [6.07, 6.45) is 0. The lowest BCUT2D eigenvalue weighted by Crippen LogP contribution is -2.47. The molecule has 2 aliphatic heterocycles. The number of carbonyl (C=O) groups is 1. The predicted octanol–water partition coefficient (Wildman–Crippen LogP) is 3.58. The van der Waals surface area contributed by atoms with Crippen LogP contribution >= 0.6 is 11.8 Å². The maximum absolute atomic E-state index is 12.3. The van der Waals surface area contributed by atoms with Crippen molar-refractivity contribution >= 4 is 23.5 Å². The number of benzene rings is 2. The molecule has 0 radical (unpaired) electrons. The maximum atomic E-state index is 12.3. The normalized spacial score (nSPS) is 19.5. The van der Waals surface area contributed by atoms with Crippen molar-refractivity contribution in [2.45, 2.75) is 12.3 Å². The van der Waals surface area contributed by atoms with Gasteiger partial charge >= 0.3 is 6.03 Å². The highest BCUT2D eigenvalue weighted by Crippen LogP contribution is 2.43. The molecule has 2 aromatic carbocycles. The second kappa shape index (κ2) is 10.3. The number of thioether (sulfide) groups is 1. The lowest BCUT2D eigenvalue weighted by Gasteiger charge is -2.36. The van der Waals surface area contributed by atoms with Crippen molar-refractivity contribution < 1.29 is 9.53 Å². The monoisotopic (exact) mass is 440 g/mol. The van der Waals surface area contributed by atoms with Gasteiger partial charge in [0.2, 0.25) is 0 Å². The second-order valence-electron chi connectivity index (χ2n) is 7.97. The zero-order valence-corrected chi connectivity index (χ0v) is 19.2. The molecule has 0 aromatic heterocycles. The number of amides is 2. The summed E-state index contributed by atoms with van der Waals surface area (Å²) in [6, 6.07) is 16.8. The fraction of sp³-hybridized carbons (Fsp3) is 0.458. The Labute approximate surface area is 189 Å². The zero-order valence-electron chi connectivity index (χ0n) is 18.4. The van der Waals surface area contributed by atoms with Crippen LogP contribution in [0.15, 0.2) is 48.5 Å². The van der Waals surface area contributed by atoms with Gasteiger partial charge in [0, 0.05) is 63.3 Å². The van der Waals surface area contributed by atoms with E-state index >= 15 is 0 Å². The van der Waals surface area contributed by atoms with Gasteiger partial charge in [0.25, 0.3) is 0 Å². The SMILES string of the molecule is CNC(=O)N1CCSC1c1c(C)cccc1OCCN1CCN(c2ccccc2)CC1. The largest absolute Gasteiger partial charge is 0.492 e. The molecule has 2 fully saturated rings. The first kappa shape index (κ1) is 21.8. The van der Waals surface area contributed by atoms with Crippen molar-refractivity contribution in [1.29, 1.82) is 0 Å². The number of nitrogens with one attached hydrogen (secondary N) is 1. The topological polar surface area (TPSA) is 48.1 Å². The molecular formula is C24H32N4O2S. The fourth-order valence-corrected chi connectivity index (χ4v) is 5.69. The van der Waals surface area contributed by atoms with Crippen LogP contribution in [0.4, 0.5) is 10.5 Å². The molecule has 166 valence electrons. The van der Waals surface area contributed by atoms with Crippen LogP contribution in [-0.2, 0) is 0 Å². The molecule has 2 saturated heterocycles. The molecule has 1 atom stereocenters. The van der Waals surface area contributed by atoms with E-state index in [0.717, 1.165) is 56.3 Å². The summed E-state index contributed by atoms with van der Waals surface area (Å²) < 4.78 is 6.28. The van der Waals surface area contributed by atoms with Crippen LogP contribution in [0.3, 0.4) is 0 Å². The van der Waals surface area contributed by atoms with E-state index in [4.69, 9.17) is 4.74 Å². The molecule has 1 N–H and O–H groups in total. The van der Waals surface area contributed by atoms with Gasteiger partial charge in [-0.3, -0.25) is 4.90 Å². The molecule has 2 amide bonds. The van der Waals surface area contributed by atoms with Gasteiger partial charge in [0.05, 0.1) is 0 Å². The third-order valence-corrected chi connectivity index (χ3v) is 7.28. The van der Waals surface area contributed by atoms with E-state index in [-0.39, 0.29) is 11.4 Å². The lowest BCUT2D eigenvalue weighted by molar-refractivity contribution is 0.194. The van der Waals surface area contributed by atoms with Crippen LogP contribution < -0.4 is 15.0 Å². The number of ether oxygens (including phenoxy) is 1. The van der Waals surface area contributed by atoms with Gasteiger partial charge in [0.1, 0.15) is 17.7 Å². The highest BCUT2D eigenvalue weighted by atomic mass is 32.2. The molecule has 1 unspecified atom stereocenters. The van der Waals surface area contributed by atoms with E-state index < -0.39 is 0 Å². The quantitative estimate of drug-likeness (QED) is 0.744. The van der Waals surface area contributed by atoms with E-state index in [9.17, 15) is 4.79 Å². The van der Waals surface area contributed by atoms with Crippen molar-refractivity contribution in [3.05, 3.63) is 59.7 Å². The number of urea groups is 1. The van der Waals surface area contributed by atoms with Crippen molar-refractivity contribution in [1.82, 2.24) is 15.1 Å². The number of carbonyl (C=O) groups excluding carboxylic acids is 1. The summed E-state index contributed by atoms with van der Waals surface area (Å²) in [5, 5.41) is 2.77. The Morgan fingerprint density at radius 1 is 1.06 bits per heavy atom. The van der Waals surface area contributed by atoms with Gasteiger partial charge in [-0.05, 0) is 30.7 Å². The standard InChI is InChI=1S/C24H32N4O2S/c1-19-7-6-10-21(22(19)23-28(16-18-31-23)24(29)25-2)30-17-15-26-11-13-27(14-12-26)20-8-4-3-5-9-20/h3-10,23H,11-18H2,1-2H3,(H,25,29). The van der Waals surface area contributed by atoms with Gasteiger partial charge in [0.15, 0.2) is 0 Å². The summed E-state index contributed by atoms with van der Waals surface area (Å²) in [5.74, 6) is 1.84. The molecule has 0 bridgehead atoms. The molecule has 31 heavy (non-hydrogen) atoms. The minimum Gasteiger partial charge on any atom is -0.492 e. The van der Waals surface area contributed by atoms with Gasteiger partial charge in [-0.25, -0.2) is 4.79 Å². The Balaban J connectivity index is 1.34. The van der Waals surface area contributed by atoms with Gasteiger partial charge in [-0.15, -0.1) is 11.8 Å². The number of para-hydroxylation sites is 1. The Morgan fingerprint density at radius 2 is 1.84 bits per heavy atom. The zero-order chi connectivity index (χ0) is 21.6. The van der Waals surface area contributed by atoms with Gasteiger partial charge in [-0.1, -0.05) is 30.3 Å². The smallest absolute Gasteiger partial charge is 0.318 e. The van der Waals surface area contributed by atoms with E-state index in [1.54, 1.807) is 18.8 Å². The molecular weight excluding hydrogens is 408 g/mol. The highest BCUT2D eigenvalue weighted by molar-refractivity contribution is 7.99. The average molecular weight is 441 g/mol. The molecule has 2 heterocycles. The molecule has 2 aromatic rings. The first-order valence-corrected chi connectivity index (χ1v) is 12.1. The molecule has 0 saturated carbocycles. The van der Waals surface area contributed by atoms with Gasteiger partial charge < -0.3 is 19.9 Å². The number of anilines is 1. The number of nitrogens with zero attached hydrogens (tertiary/aromatic N) is 3. The van der Waals surface area contributed by atoms with Crippen LogP contribution in [0, 0.1) is 6.92 Å². The van der Waals surface area contributed by atoms with E-state index in [2.05, 4.69) is 58.4 Å². The minimum atomic E-state index is -0.0273. The predicted molar refractivity (Wildman–Crippen MR) is 128 cm³/mol. The Morgan fingerprint density at radius 3 is 2.58 bits per heavy atom. The van der Waals surface area contributed by atoms with Crippen LogP contribution in [0.2, 0.25) is 0 Å². The molecule has 4 rings (SSSR count). The summed E-state index contributed by atoms with van der Waals surface area (Å²) in [7, 11) is 1.69. The van der Waals surface area contributed by atoms with E-state index in [1.807, 2.05) is 17.0 Å². The number of aryl methyl sites for hydroxylation is 1. The lowest BCUT2D eigenvalue weighted by atomic mass is 10.1. The minimum absolute atomic E-state index is 0.00515. The van der Waals surface area contributed by atoms with Crippen LogP contribution in [0.25, 0.3) is 0 Å². The number of hydrogen-bond donors (Lipinski definition) is 1. The van der Waals surface area contributed by atoms with Crippen molar-refractivity contribution in [3.63, 3.8) is 0 Å². The molecule has 2 aliphatic rings. The van der Waals surface area contributed by atoms with Crippen LogP contribution in [0.5, 0.6) is 5.75 Å². The Hall–Kier alpha value is -2.38. The second-order valence-corrected chi connectivity index (χ2v) is 9.16. The Kier molecular flexibility index (Phi) is 7.25. The molecule has 7 heteroatoms. The summed E-state index contributed by atoms with van der Waals surface area (Å²) >= 11 is 1.80. The first-order chi connectivity index (χ1) is 15.2. The molecule has 0 aliphatic carbocycles. The third kappa shape index (κ3) is 5.10. The third-order valence-electron chi connectivity index (χ3n) is 6.06. The Bertz CT molecular complexity index is 871. The maximum Gasteiger partial charge on any atom is 0.318 e. The summed E-state index contributed by atoms with van der Waals surface area (Å²) in [6.45, 7) is 8.59. The number of hydrogen-bond acceptors (Lipinski definition) is 5. The van der Waals surface area contributed by atoms with Crippen molar-refractivity contribution in [2.75, 3.05) is 63.6 Å². The van der Waals surface area contributed by atoms with Crippen molar-refractivity contribution in [3.8, 4) is 5.75 Å². The van der Waals surface area contributed by atoms with Crippen LogP contribution in [0.1, 0.15) is 16.5 Å². The summed E-state index contributed by atoms with van der Waals surface area (Å²) in [4.78, 5) is 19.1. The number of piperazine rings is 1. The number of rotatable bonds is 6. The van der Waals surface area contributed by atoms with Crippen molar-refractivity contribution in [2.24, 2.45) is 0 Å². The average Bonchev–Trinajstić information content (AvgIpc) is 3.29. The highest BCUT2D eigenvalue weighted by Gasteiger charge is 2.33. The van der Waals surface area contributed by atoms with E-state index in [0.29, 0.717) is 6.61 Å². The first-order valence-electron chi connectivity index (χ1n) is 11.0. The fourth-order valence-electron chi connectivity index (χ4n) is 4.31. The van der Waals surface area contributed by atoms with Gasteiger partial charge in [-0.2, -0.15) is 0 Å². The summed E-state index contributed by atoms with van der Waals surface area (Å²) in [5.41, 5.74) is 3.60. The molecule has 0 spiro atoms. The molecule has 6 nitrogen and oxygen atoms in total. The van der Waals surface area contributed by atoms with Crippen LogP contribution in [-0.4, -0.2) is 74.5 Å².